The van der Waals surface area contributed by atoms with E-state index in [2.05, 4.69) is 11.8 Å². The van der Waals surface area contributed by atoms with E-state index in [1.54, 1.807) is 6.08 Å². The molecule has 0 fully saturated rings. The van der Waals surface area contributed by atoms with Crippen molar-refractivity contribution in [2.45, 2.75) is 13.8 Å². The van der Waals surface area contributed by atoms with Crippen LogP contribution in [0.25, 0.3) is 6.08 Å². The van der Waals surface area contributed by atoms with Gasteiger partial charge in [0.05, 0.1) is 0 Å². The van der Waals surface area contributed by atoms with Gasteiger partial charge in [0.1, 0.15) is 5.69 Å². The molecule has 0 aliphatic heterocycles. The quantitative estimate of drug-likeness (QED) is 0.611. The van der Waals surface area contributed by atoms with E-state index < -0.39 is 0 Å². The average molecular weight is 161 g/mol. The lowest BCUT2D eigenvalue weighted by Gasteiger charge is -2.02. The van der Waals surface area contributed by atoms with Crippen LogP contribution in [0.4, 0.5) is 5.69 Å². The largest absolute Gasteiger partial charge is 0.145 e. The molecule has 12 heavy (non-hydrogen) atoms. The van der Waals surface area contributed by atoms with Gasteiger partial charge in [0, 0.05) is 0 Å². The SMILES string of the molecule is C=Cc1cc(C)c(N=O)c(C)c1. The molecule has 0 radical (unpaired) electrons. The molecule has 0 aromatic heterocycles. The van der Waals surface area contributed by atoms with Crippen molar-refractivity contribution in [3.63, 3.8) is 0 Å². The summed E-state index contributed by atoms with van der Waals surface area (Å²) in [6.07, 6.45) is 1.76. The Labute approximate surface area is 71.9 Å². The molecule has 0 atom stereocenters. The lowest BCUT2D eigenvalue weighted by Crippen LogP contribution is -1.82. The van der Waals surface area contributed by atoms with Crippen molar-refractivity contribution in [2.24, 2.45) is 5.18 Å². The van der Waals surface area contributed by atoms with E-state index in [0.717, 1.165) is 16.7 Å². The second-order valence-electron chi connectivity index (χ2n) is 2.80. The van der Waals surface area contributed by atoms with Crippen molar-refractivity contribution < 1.29 is 0 Å². The molecule has 62 valence electrons. The molecule has 2 heteroatoms. The number of hydrogen-bond acceptors (Lipinski definition) is 2. The van der Waals surface area contributed by atoms with Gasteiger partial charge in [0.2, 0.25) is 0 Å². The van der Waals surface area contributed by atoms with Crippen LogP contribution in [0.15, 0.2) is 23.9 Å². The van der Waals surface area contributed by atoms with Gasteiger partial charge in [-0.3, -0.25) is 0 Å². The van der Waals surface area contributed by atoms with Crippen molar-refractivity contribution in [1.29, 1.82) is 0 Å². The van der Waals surface area contributed by atoms with E-state index in [4.69, 9.17) is 0 Å². The number of nitrogens with zero attached hydrogens (tertiary/aromatic N) is 1. The first-order valence-electron chi connectivity index (χ1n) is 3.76. The third kappa shape index (κ3) is 1.42. The number of rotatable bonds is 2. The minimum Gasteiger partial charge on any atom is -0.145 e. The molecule has 0 aliphatic carbocycles. The van der Waals surface area contributed by atoms with Crippen LogP contribution in [-0.4, -0.2) is 0 Å². The van der Waals surface area contributed by atoms with E-state index in [9.17, 15) is 4.91 Å². The Morgan fingerprint density at radius 3 is 2.17 bits per heavy atom. The summed E-state index contributed by atoms with van der Waals surface area (Å²) in [5.41, 5.74) is 3.37. The van der Waals surface area contributed by atoms with Crippen LogP contribution in [0, 0.1) is 18.8 Å². The number of aryl methyl sites for hydroxylation is 2. The second-order valence-corrected chi connectivity index (χ2v) is 2.80. The first-order valence-corrected chi connectivity index (χ1v) is 3.76. The van der Waals surface area contributed by atoms with Crippen molar-refractivity contribution in [3.05, 3.63) is 40.3 Å². The predicted octanol–water partition coefficient (Wildman–Crippen LogP) is 3.34. The third-order valence-corrected chi connectivity index (χ3v) is 1.84. The van der Waals surface area contributed by atoms with Crippen molar-refractivity contribution in [3.8, 4) is 0 Å². The van der Waals surface area contributed by atoms with Crippen molar-refractivity contribution in [1.82, 2.24) is 0 Å². The smallest absolute Gasteiger partial charge is 0.113 e. The topological polar surface area (TPSA) is 29.4 Å². The van der Waals surface area contributed by atoms with Crippen LogP contribution < -0.4 is 0 Å². The minimum absolute atomic E-state index is 0.542. The number of nitroso groups, excluding NO2 is 1. The molecular weight excluding hydrogens is 150 g/mol. The standard InChI is InChI=1S/C10H11NO/c1-4-9-5-7(2)10(11-12)8(3)6-9/h4-6H,1H2,2-3H3. The van der Waals surface area contributed by atoms with Gasteiger partial charge in [-0.05, 0) is 47.8 Å². The molecular formula is C10H11NO. The highest BCUT2D eigenvalue weighted by molar-refractivity contribution is 5.60. The van der Waals surface area contributed by atoms with E-state index in [0.29, 0.717) is 5.69 Å². The zero-order chi connectivity index (χ0) is 9.14. The summed E-state index contributed by atoms with van der Waals surface area (Å²) in [6, 6.07) is 3.80. The van der Waals surface area contributed by atoms with Crippen LogP contribution in [0.5, 0.6) is 0 Å². The highest BCUT2D eigenvalue weighted by atomic mass is 16.3. The Balaban J connectivity index is 3.36. The van der Waals surface area contributed by atoms with Crippen LogP contribution in [0.3, 0.4) is 0 Å². The molecule has 0 aliphatic rings. The van der Waals surface area contributed by atoms with Gasteiger partial charge in [-0.15, -0.1) is 4.91 Å². The molecule has 0 saturated heterocycles. The minimum atomic E-state index is 0.542. The molecule has 0 unspecified atom stereocenters. The van der Waals surface area contributed by atoms with Crippen LogP contribution in [-0.2, 0) is 0 Å². The molecule has 0 bridgehead atoms. The predicted molar refractivity (Wildman–Crippen MR) is 51.5 cm³/mol. The average Bonchev–Trinajstić information content (AvgIpc) is 2.03. The molecule has 0 N–H and O–H groups in total. The maximum absolute atomic E-state index is 10.4. The molecule has 0 saturated carbocycles. The zero-order valence-electron chi connectivity index (χ0n) is 7.29. The van der Waals surface area contributed by atoms with Gasteiger partial charge in [-0.25, -0.2) is 0 Å². The number of hydrogen-bond donors (Lipinski definition) is 0. The second kappa shape index (κ2) is 3.30. The van der Waals surface area contributed by atoms with Crippen LogP contribution in [0.2, 0.25) is 0 Å². The first-order chi connectivity index (χ1) is 5.69. The summed E-state index contributed by atoms with van der Waals surface area (Å²) in [5, 5.41) is 2.96. The van der Waals surface area contributed by atoms with Gasteiger partial charge < -0.3 is 0 Å². The molecule has 1 rings (SSSR count). The van der Waals surface area contributed by atoms with E-state index in [1.165, 1.54) is 0 Å². The van der Waals surface area contributed by atoms with Gasteiger partial charge in [-0.1, -0.05) is 12.7 Å². The molecule has 1 aromatic carbocycles. The Bertz CT molecular complexity index is 306. The van der Waals surface area contributed by atoms with Gasteiger partial charge in [0.25, 0.3) is 0 Å². The summed E-state index contributed by atoms with van der Waals surface area (Å²) < 4.78 is 0. The highest BCUT2D eigenvalue weighted by Gasteiger charge is 2.02. The Morgan fingerprint density at radius 2 is 1.83 bits per heavy atom. The molecule has 0 amide bonds. The zero-order valence-corrected chi connectivity index (χ0v) is 7.29. The highest BCUT2D eigenvalue weighted by Crippen LogP contribution is 2.24. The van der Waals surface area contributed by atoms with Crippen molar-refractivity contribution >= 4 is 11.8 Å². The summed E-state index contributed by atoms with van der Waals surface area (Å²) in [4.78, 5) is 10.4. The summed E-state index contributed by atoms with van der Waals surface area (Å²) in [5.74, 6) is 0. The Hall–Kier alpha value is -1.44. The number of benzene rings is 1. The fraction of sp³-hybridized carbons (Fsp3) is 0.200. The lowest BCUT2D eigenvalue weighted by atomic mass is 10.0. The van der Waals surface area contributed by atoms with Gasteiger partial charge in [-0.2, -0.15) is 0 Å². The van der Waals surface area contributed by atoms with Crippen molar-refractivity contribution in [2.75, 3.05) is 0 Å². The maximum atomic E-state index is 10.4. The van der Waals surface area contributed by atoms with Crippen LogP contribution >= 0.6 is 0 Å². The van der Waals surface area contributed by atoms with E-state index >= 15 is 0 Å². The summed E-state index contributed by atoms with van der Waals surface area (Å²) in [6.45, 7) is 7.40. The molecule has 1 aromatic rings. The third-order valence-electron chi connectivity index (χ3n) is 1.84. The maximum Gasteiger partial charge on any atom is 0.113 e. The Morgan fingerprint density at radius 1 is 1.33 bits per heavy atom. The molecule has 0 heterocycles. The normalized spacial score (nSPS) is 9.50. The lowest BCUT2D eigenvalue weighted by molar-refractivity contribution is 1.31. The van der Waals surface area contributed by atoms with Gasteiger partial charge >= 0.3 is 0 Å². The first kappa shape index (κ1) is 8.65. The monoisotopic (exact) mass is 161 g/mol. The molecule has 0 spiro atoms. The summed E-state index contributed by atoms with van der Waals surface area (Å²) >= 11 is 0. The Kier molecular flexibility index (Phi) is 2.38. The fourth-order valence-corrected chi connectivity index (χ4v) is 1.25. The van der Waals surface area contributed by atoms with E-state index in [1.807, 2.05) is 26.0 Å². The van der Waals surface area contributed by atoms with Gasteiger partial charge in [0.15, 0.2) is 0 Å². The molecule has 2 nitrogen and oxygen atoms in total. The van der Waals surface area contributed by atoms with Crippen LogP contribution in [0.1, 0.15) is 16.7 Å². The van der Waals surface area contributed by atoms with E-state index in [-0.39, 0.29) is 0 Å². The summed E-state index contributed by atoms with van der Waals surface area (Å²) in [7, 11) is 0. The fourth-order valence-electron chi connectivity index (χ4n) is 1.25.